The summed E-state index contributed by atoms with van der Waals surface area (Å²) in [7, 11) is 0. The summed E-state index contributed by atoms with van der Waals surface area (Å²) in [6.07, 6.45) is -1.75. The van der Waals surface area contributed by atoms with Gasteiger partial charge in [-0.2, -0.15) is 18.3 Å². The molecule has 0 bridgehead atoms. The number of hydrogen-bond acceptors (Lipinski definition) is 4. The molecule has 0 aliphatic carbocycles. The highest BCUT2D eigenvalue weighted by Crippen LogP contribution is 2.28. The molecule has 0 radical (unpaired) electrons. The van der Waals surface area contributed by atoms with Crippen molar-refractivity contribution in [3.63, 3.8) is 0 Å². The summed E-state index contributed by atoms with van der Waals surface area (Å²) < 4.78 is 39.3. The SMILES string of the molecule is O=C(c1ccc(-n2ccc(C(F)(F)F)n2)cc1)N1CCN(c2ncc(Cl)cc2Cl)CC1. The van der Waals surface area contributed by atoms with Crippen LogP contribution in [-0.2, 0) is 6.18 Å². The Kier molecular flexibility index (Phi) is 5.81. The number of pyridine rings is 1. The topological polar surface area (TPSA) is 54.3 Å². The largest absolute Gasteiger partial charge is 0.435 e. The Balaban J connectivity index is 1.40. The van der Waals surface area contributed by atoms with E-state index in [4.69, 9.17) is 23.2 Å². The molecule has 162 valence electrons. The molecule has 0 N–H and O–H groups in total. The fraction of sp³-hybridized carbons (Fsp3) is 0.250. The number of amides is 1. The van der Waals surface area contributed by atoms with E-state index in [9.17, 15) is 18.0 Å². The predicted octanol–water partition coefficient (Wildman–Crippen LogP) is 4.56. The van der Waals surface area contributed by atoms with Crippen molar-refractivity contribution in [2.45, 2.75) is 6.18 Å². The van der Waals surface area contributed by atoms with Gasteiger partial charge in [0.25, 0.3) is 5.91 Å². The van der Waals surface area contributed by atoms with Crippen LogP contribution in [0.2, 0.25) is 10.0 Å². The Labute approximate surface area is 185 Å². The van der Waals surface area contributed by atoms with Gasteiger partial charge in [-0.15, -0.1) is 0 Å². The fourth-order valence-electron chi connectivity index (χ4n) is 3.32. The highest BCUT2D eigenvalue weighted by atomic mass is 35.5. The number of benzene rings is 1. The minimum atomic E-state index is -4.50. The Morgan fingerprint density at radius 1 is 1.00 bits per heavy atom. The molecule has 11 heteroatoms. The Hall–Kier alpha value is -2.78. The van der Waals surface area contributed by atoms with Crippen molar-refractivity contribution in [2.75, 3.05) is 31.1 Å². The Bertz CT molecular complexity index is 1090. The number of hydrogen-bond donors (Lipinski definition) is 0. The lowest BCUT2D eigenvalue weighted by Gasteiger charge is -2.35. The van der Waals surface area contributed by atoms with E-state index >= 15 is 0 Å². The van der Waals surface area contributed by atoms with Crippen LogP contribution in [0.4, 0.5) is 19.0 Å². The smallest absolute Gasteiger partial charge is 0.352 e. The summed E-state index contributed by atoms with van der Waals surface area (Å²) in [6, 6.07) is 8.82. The molecule has 1 fully saturated rings. The zero-order chi connectivity index (χ0) is 22.2. The maximum atomic E-state index is 12.8. The Morgan fingerprint density at radius 3 is 2.26 bits per heavy atom. The number of halogens is 5. The molecule has 3 heterocycles. The third-order valence-corrected chi connectivity index (χ3v) is 5.40. The first-order valence-corrected chi connectivity index (χ1v) is 10.1. The van der Waals surface area contributed by atoms with Crippen LogP contribution in [-0.4, -0.2) is 51.8 Å². The number of rotatable bonds is 3. The number of carbonyl (C=O) groups is 1. The molecule has 0 unspecified atom stereocenters. The molecular formula is C20H16Cl2F3N5O. The fourth-order valence-corrected chi connectivity index (χ4v) is 3.82. The van der Waals surface area contributed by atoms with Crippen molar-refractivity contribution in [3.8, 4) is 5.69 Å². The quantitative estimate of drug-likeness (QED) is 0.564. The van der Waals surface area contributed by atoms with Crippen LogP contribution < -0.4 is 4.90 Å². The van der Waals surface area contributed by atoms with E-state index in [1.54, 1.807) is 35.2 Å². The van der Waals surface area contributed by atoms with Crippen LogP contribution in [0.1, 0.15) is 16.1 Å². The van der Waals surface area contributed by atoms with Crippen LogP contribution in [0.5, 0.6) is 0 Å². The van der Waals surface area contributed by atoms with Crippen LogP contribution >= 0.6 is 23.2 Å². The maximum absolute atomic E-state index is 12.8. The molecule has 0 saturated carbocycles. The van der Waals surface area contributed by atoms with E-state index in [1.165, 1.54) is 12.4 Å². The third kappa shape index (κ3) is 4.62. The summed E-state index contributed by atoms with van der Waals surface area (Å²) in [4.78, 5) is 20.8. The normalized spacial score (nSPS) is 14.7. The molecule has 1 aliphatic rings. The van der Waals surface area contributed by atoms with Gasteiger partial charge in [0.1, 0.15) is 5.82 Å². The number of piperazine rings is 1. The first-order chi connectivity index (χ1) is 14.7. The van der Waals surface area contributed by atoms with Crippen molar-refractivity contribution in [2.24, 2.45) is 0 Å². The summed E-state index contributed by atoms with van der Waals surface area (Å²) in [5, 5.41) is 4.44. The van der Waals surface area contributed by atoms with Gasteiger partial charge in [-0.3, -0.25) is 4.79 Å². The minimum absolute atomic E-state index is 0.155. The lowest BCUT2D eigenvalue weighted by Crippen LogP contribution is -2.49. The number of nitrogens with zero attached hydrogens (tertiary/aromatic N) is 5. The second kappa shape index (κ2) is 8.39. The molecule has 3 aromatic rings. The van der Waals surface area contributed by atoms with Gasteiger partial charge in [0.2, 0.25) is 0 Å². The second-order valence-electron chi connectivity index (χ2n) is 6.93. The molecule has 6 nitrogen and oxygen atoms in total. The minimum Gasteiger partial charge on any atom is -0.352 e. The Morgan fingerprint density at radius 2 is 1.68 bits per heavy atom. The summed E-state index contributed by atoms with van der Waals surface area (Å²) in [6.45, 7) is 2.09. The van der Waals surface area contributed by atoms with Gasteiger partial charge in [-0.25, -0.2) is 9.67 Å². The molecule has 0 atom stereocenters. The zero-order valence-corrected chi connectivity index (χ0v) is 17.5. The average Bonchev–Trinajstić information content (AvgIpc) is 3.25. The zero-order valence-electron chi connectivity index (χ0n) is 16.0. The standard InChI is InChI=1S/C20H16Cl2F3N5O/c21-14-11-16(22)18(26-12-14)28-7-9-29(10-8-28)19(31)13-1-3-15(4-2-13)30-6-5-17(27-30)20(23,24)25/h1-6,11-12H,7-10H2. The van der Waals surface area contributed by atoms with Crippen LogP contribution in [0.3, 0.4) is 0 Å². The molecule has 2 aromatic heterocycles. The van der Waals surface area contributed by atoms with Crippen molar-refractivity contribution in [1.29, 1.82) is 0 Å². The average molecular weight is 470 g/mol. The maximum Gasteiger partial charge on any atom is 0.435 e. The number of anilines is 1. The van der Waals surface area contributed by atoms with E-state index in [0.717, 1.165) is 10.7 Å². The van der Waals surface area contributed by atoms with Gasteiger partial charge < -0.3 is 9.80 Å². The molecule has 31 heavy (non-hydrogen) atoms. The van der Waals surface area contributed by atoms with Crippen LogP contribution in [0, 0.1) is 0 Å². The first kappa shape index (κ1) is 21.5. The number of carbonyl (C=O) groups excluding carboxylic acids is 1. The third-order valence-electron chi connectivity index (χ3n) is 4.91. The van der Waals surface area contributed by atoms with E-state index in [2.05, 4.69) is 10.1 Å². The highest BCUT2D eigenvalue weighted by molar-refractivity contribution is 6.36. The van der Waals surface area contributed by atoms with Crippen LogP contribution in [0.25, 0.3) is 5.69 Å². The van der Waals surface area contributed by atoms with Crippen molar-refractivity contribution < 1.29 is 18.0 Å². The second-order valence-corrected chi connectivity index (χ2v) is 7.77. The van der Waals surface area contributed by atoms with E-state index in [-0.39, 0.29) is 5.91 Å². The summed E-state index contributed by atoms with van der Waals surface area (Å²) >= 11 is 12.1. The molecule has 1 aromatic carbocycles. The van der Waals surface area contributed by atoms with Crippen molar-refractivity contribution in [3.05, 3.63) is 70.1 Å². The molecule has 1 saturated heterocycles. The molecule has 0 spiro atoms. The summed E-state index contributed by atoms with van der Waals surface area (Å²) in [5.41, 5.74) is -0.0934. The lowest BCUT2D eigenvalue weighted by atomic mass is 10.1. The van der Waals surface area contributed by atoms with Crippen LogP contribution in [0.15, 0.2) is 48.8 Å². The monoisotopic (exact) mass is 469 g/mol. The van der Waals surface area contributed by atoms with Gasteiger partial charge in [0.05, 0.1) is 15.7 Å². The number of aromatic nitrogens is 3. The molecular weight excluding hydrogens is 454 g/mol. The molecule has 1 amide bonds. The summed E-state index contributed by atoms with van der Waals surface area (Å²) in [5.74, 6) is 0.470. The molecule has 4 rings (SSSR count). The molecule has 1 aliphatic heterocycles. The van der Waals surface area contributed by atoms with E-state index < -0.39 is 11.9 Å². The van der Waals surface area contributed by atoms with E-state index in [0.29, 0.717) is 53.3 Å². The van der Waals surface area contributed by atoms with Gasteiger partial charge >= 0.3 is 6.18 Å². The van der Waals surface area contributed by atoms with E-state index in [1.807, 2.05) is 4.90 Å². The number of alkyl halides is 3. The first-order valence-electron chi connectivity index (χ1n) is 9.31. The highest BCUT2D eigenvalue weighted by Gasteiger charge is 2.33. The van der Waals surface area contributed by atoms with Gasteiger partial charge in [0, 0.05) is 44.1 Å². The predicted molar refractivity (Wildman–Crippen MR) is 111 cm³/mol. The van der Waals surface area contributed by atoms with Gasteiger partial charge in [-0.1, -0.05) is 23.2 Å². The van der Waals surface area contributed by atoms with Gasteiger partial charge in [0.15, 0.2) is 5.69 Å². The van der Waals surface area contributed by atoms with Crippen molar-refractivity contribution >= 4 is 34.9 Å². The van der Waals surface area contributed by atoms with Crippen molar-refractivity contribution in [1.82, 2.24) is 19.7 Å². The lowest BCUT2D eigenvalue weighted by molar-refractivity contribution is -0.141. The van der Waals surface area contributed by atoms with Gasteiger partial charge in [-0.05, 0) is 36.4 Å².